The number of methoxy groups -OCH3 is 1. The summed E-state index contributed by atoms with van der Waals surface area (Å²) in [6.07, 6.45) is 1.72. The first kappa shape index (κ1) is 13.2. The van der Waals surface area contributed by atoms with Crippen LogP contribution in [-0.4, -0.2) is 23.2 Å². The third kappa shape index (κ3) is 2.45. The van der Waals surface area contributed by atoms with E-state index in [1.165, 1.54) is 0 Å². The molecule has 0 radical (unpaired) electrons. The third-order valence-electron chi connectivity index (χ3n) is 3.51. The Hall–Kier alpha value is -2.82. The fourth-order valence-corrected chi connectivity index (χ4v) is 2.48. The predicted octanol–water partition coefficient (Wildman–Crippen LogP) is 2.19. The number of primary amides is 1. The van der Waals surface area contributed by atoms with Crippen LogP contribution in [0.1, 0.15) is 17.0 Å². The van der Waals surface area contributed by atoms with Crippen LogP contribution >= 0.6 is 0 Å². The summed E-state index contributed by atoms with van der Waals surface area (Å²) < 4.78 is 5.21. The molecule has 0 aliphatic rings. The highest BCUT2D eigenvalue weighted by molar-refractivity contribution is 5.88. The van der Waals surface area contributed by atoms with Gasteiger partial charge in [-0.25, -0.2) is 0 Å². The van der Waals surface area contributed by atoms with Crippen LogP contribution in [0.5, 0.6) is 5.75 Å². The number of carbonyl (C=O) groups is 1. The molecule has 1 amide bonds. The van der Waals surface area contributed by atoms with Crippen molar-refractivity contribution in [2.45, 2.75) is 5.92 Å². The van der Waals surface area contributed by atoms with Crippen molar-refractivity contribution < 1.29 is 9.53 Å². The number of hydrogen-bond donors (Lipinski definition) is 2. The van der Waals surface area contributed by atoms with E-state index in [0.29, 0.717) is 5.75 Å². The van der Waals surface area contributed by atoms with Crippen LogP contribution in [0.2, 0.25) is 0 Å². The molecule has 0 bridgehead atoms. The van der Waals surface area contributed by atoms with Gasteiger partial charge in [-0.3, -0.25) is 9.89 Å². The Morgan fingerprint density at radius 2 is 2.05 bits per heavy atom. The lowest BCUT2D eigenvalue weighted by Gasteiger charge is -2.15. The maximum absolute atomic E-state index is 11.9. The Balaban J connectivity index is 2.10. The number of nitrogens with two attached hydrogens (primary N) is 1. The number of carbonyl (C=O) groups excluding carboxylic acids is 1. The lowest BCUT2D eigenvalue weighted by molar-refractivity contribution is -0.118. The van der Waals surface area contributed by atoms with E-state index in [2.05, 4.69) is 10.2 Å². The second-order valence-electron chi connectivity index (χ2n) is 4.83. The van der Waals surface area contributed by atoms with Crippen LogP contribution < -0.4 is 10.5 Å². The highest BCUT2D eigenvalue weighted by Gasteiger charge is 2.21. The Morgan fingerprint density at radius 1 is 1.24 bits per heavy atom. The van der Waals surface area contributed by atoms with Gasteiger partial charge >= 0.3 is 0 Å². The van der Waals surface area contributed by atoms with Gasteiger partial charge in [-0.2, -0.15) is 5.10 Å². The summed E-state index contributed by atoms with van der Waals surface area (Å²) in [5.41, 5.74) is 8.18. The summed E-state index contributed by atoms with van der Waals surface area (Å²) in [5.74, 6) is -0.214. The first-order chi connectivity index (χ1) is 10.2. The number of ether oxygens (including phenoxy) is 1. The first-order valence-electron chi connectivity index (χ1n) is 6.55. The van der Waals surface area contributed by atoms with E-state index in [4.69, 9.17) is 10.5 Å². The molecule has 5 nitrogen and oxygen atoms in total. The molecule has 3 rings (SSSR count). The summed E-state index contributed by atoms with van der Waals surface area (Å²) >= 11 is 0. The van der Waals surface area contributed by atoms with Gasteiger partial charge < -0.3 is 10.5 Å². The van der Waals surface area contributed by atoms with Gasteiger partial charge in [0.05, 0.1) is 24.7 Å². The van der Waals surface area contributed by atoms with Crippen LogP contribution in [0, 0.1) is 0 Å². The number of amides is 1. The number of benzene rings is 2. The monoisotopic (exact) mass is 281 g/mol. The van der Waals surface area contributed by atoms with Crippen LogP contribution in [-0.2, 0) is 4.79 Å². The van der Waals surface area contributed by atoms with Crippen molar-refractivity contribution in [1.82, 2.24) is 10.2 Å². The van der Waals surface area contributed by atoms with E-state index in [9.17, 15) is 4.79 Å². The zero-order valence-corrected chi connectivity index (χ0v) is 11.5. The van der Waals surface area contributed by atoms with E-state index in [0.717, 1.165) is 22.0 Å². The van der Waals surface area contributed by atoms with E-state index >= 15 is 0 Å². The summed E-state index contributed by atoms with van der Waals surface area (Å²) in [6, 6.07) is 13.1. The molecule has 1 aromatic heterocycles. The minimum atomic E-state index is -0.514. The van der Waals surface area contributed by atoms with E-state index in [1.54, 1.807) is 13.3 Å². The molecule has 2 aromatic carbocycles. The Morgan fingerprint density at radius 3 is 2.81 bits per heavy atom. The number of rotatable bonds is 4. The van der Waals surface area contributed by atoms with Crippen LogP contribution in [0.3, 0.4) is 0 Å². The van der Waals surface area contributed by atoms with Crippen molar-refractivity contribution in [3.8, 4) is 5.75 Å². The minimum Gasteiger partial charge on any atom is -0.497 e. The lowest BCUT2D eigenvalue weighted by atomic mass is 9.90. The molecule has 3 N–H and O–H groups in total. The molecule has 0 spiro atoms. The van der Waals surface area contributed by atoms with Gasteiger partial charge in [-0.05, 0) is 35.4 Å². The molecule has 0 saturated heterocycles. The molecular formula is C16H15N3O2. The molecule has 3 aromatic rings. The summed E-state index contributed by atoms with van der Waals surface area (Å²) in [7, 11) is 1.59. The number of H-pyrrole nitrogens is 1. The van der Waals surface area contributed by atoms with E-state index in [1.807, 2.05) is 42.5 Å². The van der Waals surface area contributed by atoms with Crippen molar-refractivity contribution in [2.75, 3.05) is 7.11 Å². The van der Waals surface area contributed by atoms with Gasteiger partial charge in [0, 0.05) is 5.39 Å². The predicted molar refractivity (Wildman–Crippen MR) is 80.1 cm³/mol. The average molecular weight is 281 g/mol. The van der Waals surface area contributed by atoms with Crippen molar-refractivity contribution in [3.05, 3.63) is 59.8 Å². The number of aromatic amines is 1. The van der Waals surface area contributed by atoms with Crippen LogP contribution in [0.25, 0.3) is 10.9 Å². The molecule has 0 aliphatic carbocycles. The van der Waals surface area contributed by atoms with E-state index < -0.39 is 11.8 Å². The maximum atomic E-state index is 11.9. The lowest BCUT2D eigenvalue weighted by Crippen LogP contribution is -2.22. The van der Waals surface area contributed by atoms with Gasteiger partial charge in [0.2, 0.25) is 5.91 Å². The Labute approximate surface area is 121 Å². The van der Waals surface area contributed by atoms with Crippen molar-refractivity contribution in [1.29, 1.82) is 0 Å². The highest BCUT2D eigenvalue weighted by atomic mass is 16.5. The third-order valence-corrected chi connectivity index (χ3v) is 3.51. The molecule has 0 aliphatic heterocycles. The number of nitrogens with zero attached hydrogens (tertiary/aromatic N) is 1. The van der Waals surface area contributed by atoms with Crippen LogP contribution in [0.15, 0.2) is 48.7 Å². The summed E-state index contributed by atoms with van der Waals surface area (Å²) in [5, 5.41) is 7.82. The van der Waals surface area contributed by atoms with Gasteiger partial charge in [0.25, 0.3) is 0 Å². The van der Waals surface area contributed by atoms with Crippen molar-refractivity contribution in [2.24, 2.45) is 5.73 Å². The second-order valence-corrected chi connectivity index (χ2v) is 4.83. The fraction of sp³-hybridized carbons (Fsp3) is 0.125. The quantitative estimate of drug-likeness (QED) is 0.769. The molecular weight excluding hydrogens is 266 g/mol. The number of aromatic nitrogens is 2. The van der Waals surface area contributed by atoms with Gasteiger partial charge in [-0.15, -0.1) is 0 Å². The number of hydrogen-bond acceptors (Lipinski definition) is 3. The highest BCUT2D eigenvalue weighted by Crippen LogP contribution is 2.28. The molecule has 1 atom stereocenters. The number of nitrogens with one attached hydrogen (secondary N) is 1. The normalized spacial score (nSPS) is 12.2. The maximum Gasteiger partial charge on any atom is 0.229 e. The minimum absolute atomic E-state index is 0.397. The first-order valence-corrected chi connectivity index (χ1v) is 6.55. The average Bonchev–Trinajstić information content (AvgIpc) is 2.95. The largest absolute Gasteiger partial charge is 0.497 e. The molecule has 0 fully saturated rings. The van der Waals surface area contributed by atoms with E-state index in [-0.39, 0.29) is 0 Å². The standard InChI is InChI=1S/C16H15N3O2/c1-21-13-4-2-3-10(8-13)15(16(17)20)11-5-6-14-12(7-11)9-18-19-14/h2-9,15H,1H3,(H2,17,20)(H,18,19). The zero-order chi connectivity index (χ0) is 14.8. The van der Waals surface area contributed by atoms with Crippen molar-refractivity contribution in [3.63, 3.8) is 0 Å². The molecule has 1 heterocycles. The molecule has 106 valence electrons. The number of fused-ring (bicyclic) bond motifs is 1. The second kappa shape index (κ2) is 5.28. The zero-order valence-electron chi connectivity index (χ0n) is 11.5. The Bertz CT molecular complexity index is 795. The molecule has 1 unspecified atom stereocenters. The summed E-state index contributed by atoms with van der Waals surface area (Å²) in [6.45, 7) is 0. The van der Waals surface area contributed by atoms with Gasteiger partial charge in [-0.1, -0.05) is 18.2 Å². The molecule has 5 heteroatoms. The summed E-state index contributed by atoms with van der Waals surface area (Å²) in [4.78, 5) is 11.9. The fourth-order valence-electron chi connectivity index (χ4n) is 2.48. The van der Waals surface area contributed by atoms with Crippen molar-refractivity contribution >= 4 is 16.8 Å². The topological polar surface area (TPSA) is 81.0 Å². The Kier molecular flexibility index (Phi) is 3.31. The smallest absolute Gasteiger partial charge is 0.229 e. The molecule has 21 heavy (non-hydrogen) atoms. The van der Waals surface area contributed by atoms with Gasteiger partial charge in [0.1, 0.15) is 5.75 Å². The SMILES string of the molecule is COc1cccc(C(C(N)=O)c2ccc3[nH]ncc3c2)c1. The van der Waals surface area contributed by atoms with Gasteiger partial charge in [0.15, 0.2) is 0 Å². The molecule has 0 saturated carbocycles. The van der Waals surface area contributed by atoms with Crippen LogP contribution in [0.4, 0.5) is 0 Å².